The summed E-state index contributed by atoms with van der Waals surface area (Å²) in [4.78, 5) is 14.9. The predicted molar refractivity (Wildman–Crippen MR) is 115 cm³/mol. The van der Waals surface area contributed by atoms with Crippen LogP contribution in [-0.4, -0.2) is 56.8 Å². The number of ether oxygens (including phenoxy) is 1. The van der Waals surface area contributed by atoms with Gasteiger partial charge in [-0.25, -0.2) is 8.42 Å². The molecule has 0 N–H and O–H groups in total. The molecule has 0 aliphatic carbocycles. The van der Waals surface area contributed by atoms with Crippen molar-refractivity contribution in [2.75, 3.05) is 33.3 Å². The van der Waals surface area contributed by atoms with Gasteiger partial charge >= 0.3 is 0 Å². The van der Waals surface area contributed by atoms with Crippen LogP contribution in [0.5, 0.6) is 5.75 Å². The van der Waals surface area contributed by atoms with Gasteiger partial charge in [0.2, 0.25) is 5.91 Å². The number of hydrogen-bond acceptors (Lipinski definition) is 5. The monoisotopic (exact) mass is 436 g/mol. The molecule has 0 unspecified atom stereocenters. The second-order valence-corrected chi connectivity index (χ2v) is 10.7. The molecule has 0 saturated carbocycles. The average molecular weight is 437 g/mol. The van der Waals surface area contributed by atoms with Crippen LogP contribution in [0.15, 0.2) is 40.6 Å². The van der Waals surface area contributed by atoms with Gasteiger partial charge in [-0.2, -0.15) is 4.31 Å². The van der Waals surface area contributed by atoms with E-state index in [0.29, 0.717) is 30.5 Å². The highest BCUT2D eigenvalue weighted by Crippen LogP contribution is 2.27. The first kappa shape index (κ1) is 21.8. The second kappa shape index (κ2) is 9.73. The summed E-state index contributed by atoms with van der Waals surface area (Å²) in [6.45, 7) is 4.06. The van der Waals surface area contributed by atoms with Crippen molar-refractivity contribution in [3.05, 3.63) is 46.8 Å². The normalized spacial score (nSPS) is 15.2. The molecular weight excluding hydrogens is 408 g/mol. The predicted octanol–water partition coefficient (Wildman–Crippen LogP) is 3.31. The Hall–Kier alpha value is -1.90. The third-order valence-corrected chi connectivity index (χ3v) is 8.47. The molecule has 0 spiro atoms. The molecule has 1 saturated heterocycles. The number of likely N-dealkylation sites (N-methyl/N-ethyl adjacent to an activating group) is 1. The Labute approximate surface area is 177 Å². The molecule has 1 aliphatic heterocycles. The minimum atomic E-state index is -3.44. The summed E-state index contributed by atoms with van der Waals surface area (Å²) in [5.74, 6) is 0.726. The molecule has 1 amide bonds. The van der Waals surface area contributed by atoms with E-state index in [0.717, 1.165) is 29.9 Å². The van der Waals surface area contributed by atoms with Crippen molar-refractivity contribution in [2.24, 2.45) is 0 Å². The van der Waals surface area contributed by atoms with Gasteiger partial charge < -0.3 is 9.64 Å². The number of piperidine rings is 1. The highest BCUT2D eigenvalue weighted by Gasteiger charge is 2.27. The second-order valence-electron chi connectivity index (χ2n) is 7.34. The Morgan fingerprint density at radius 2 is 1.79 bits per heavy atom. The Morgan fingerprint density at radius 1 is 1.10 bits per heavy atom. The maximum Gasteiger partial charge on any atom is 0.252 e. The molecule has 158 valence electrons. The lowest BCUT2D eigenvalue weighted by molar-refractivity contribution is -0.129. The first-order valence-electron chi connectivity index (χ1n) is 9.88. The van der Waals surface area contributed by atoms with Crippen molar-refractivity contribution < 1.29 is 17.9 Å². The van der Waals surface area contributed by atoms with Crippen LogP contribution in [-0.2, 0) is 21.2 Å². The van der Waals surface area contributed by atoms with E-state index in [9.17, 15) is 13.2 Å². The number of benzene rings is 1. The molecule has 29 heavy (non-hydrogen) atoms. The van der Waals surface area contributed by atoms with Crippen molar-refractivity contribution >= 4 is 27.3 Å². The quantitative estimate of drug-likeness (QED) is 0.637. The topological polar surface area (TPSA) is 66.9 Å². The van der Waals surface area contributed by atoms with Crippen molar-refractivity contribution in [3.8, 4) is 5.75 Å². The van der Waals surface area contributed by atoms with E-state index >= 15 is 0 Å². The Kier molecular flexibility index (Phi) is 7.32. The Morgan fingerprint density at radius 3 is 2.48 bits per heavy atom. The zero-order valence-corrected chi connectivity index (χ0v) is 18.6. The summed E-state index contributed by atoms with van der Waals surface area (Å²) in [6.07, 6.45) is 3.09. The van der Waals surface area contributed by atoms with Gasteiger partial charge in [-0.3, -0.25) is 4.79 Å². The van der Waals surface area contributed by atoms with Gasteiger partial charge in [0, 0.05) is 25.0 Å². The van der Waals surface area contributed by atoms with E-state index < -0.39 is 10.0 Å². The molecule has 1 aromatic heterocycles. The average Bonchev–Trinajstić information content (AvgIpc) is 3.19. The van der Waals surface area contributed by atoms with Gasteiger partial charge in [0.25, 0.3) is 10.0 Å². The fourth-order valence-corrected chi connectivity index (χ4v) is 6.19. The van der Waals surface area contributed by atoms with Crippen molar-refractivity contribution in [1.29, 1.82) is 0 Å². The number of carbonyl (C=O) groups excluding carboxylic acids is 1. The Balaban J connectivity index is 1.50. The zero-order valence-electron chi connectivity index (χ0n) is 17.0. The van der Waals surface area contributed by atoms with E-state index in [1.54, 1.807) is 28.4 Å². The van der Waals surface area contributed by atoms with E-state index in [-0.39, 0.29) is 12.3 Å². The number of carbonyl (C=O) groups is 1. The number of thiophene rings is 1. The third-order valence-electron chi connectivity index (χ3n) is 5.01. The first-order chi connectivity index (χ1) is 13.9. The van der Waals surface area contributed by atoms with E-state index in [1.807, 2.05) is 31.2 Å². The molecular formula is C21H28N2O4S2. The number of hydrogen-bond donors (Lipinski definition) is 0. The van der Waals surface area contributed by atoms with Gasteiger partial charge in [0.1, 0.15) is 16.6 Å². The maximum atomic E-state index is 12.7. The van der Waals surface area contributed by atoms with Crippen LogP contribution < -0.4 is 4.74 Å². The summed E-state index contributed by atoms with van der Waals surface area (Å²) >= 11 is 1.19. The van der Waals surface area contributed by atoms with E-state index in [1.165, 1.54) is 16.9 Å². The fraction of sp³-hybridized carbons (Fsp3) is 0.476. The van der Waals surface area contributed by atoms with Crippen molar-refractivity contribution in [1.82, 2.24) is 9.21 Å². The molecule has 3 rings (SSSR count). The summed E-state index contributed by atoms with van der Waals surface area (Å²) in [5.41, 5.74) is 1.17. The third kappa shape index (κ3) is 5.81. The number of amides is 1. The van der Waals surface area contributed by atoms with E-state index in [2.05, 4.69) is 0 Å². The number of aryl methyl sites for hydroxylation is 1. The summed E-state index contributed by atoms with van der Waals surface area (Å²) in [5, 5.41) is 0. The first-order valence-corrected chi connectivity index (χ1v) is 12.1. The van der Waals surface area contributed by atoms with Crippen LogP contribution in [0.25, 0.3) is 0 Å². The summed E-state index contributed by atoms with van der Waals surface area (Å²) in [7, 11) is -1.70. The smallest absolute Gasteiger partial charge is 0.252 e. The molecule has 1 aromatic carbocycles. The lowest BCUT2D eigenvalue weighted by Gasteiger charge is -2.25. The minimum absolute atomic E-state index is 0.0544. The molecule has 1 fully saturated rings. The van der Waals surface area contributed by atoms with Gasteiger partial charge in [-0.15, -0.1) is 11.3 Å². The molecule has 0 radical (unpaired) electrons. The minimum Gasteiger partial charge on any atom is -0.492 e. The molecule has 1 aliphatic rings. The summed E-state index contributed by atoms with van der Waals surface area (Å²) in [6, 6.07) is 11.2. The molecule has 2 heterocycles. The highest BCUT2D eigenvalue weighted by molar-refractivity contribution is 7.91. The van der Waals surface area contributed by atoms with Crippen LogP contribution in [0, 0.1) is 6.92 Å². The van der Waals surface area contributed by atoms with Crippen LogP contribution >= 0.6 is 11.3 Å². The lowest BCUT2D eigenvalue weighted by atomic mass is 10.2. The lowest BCUT2D eigenvalue weighted by Crippen LogP contribution is -2.35. The molecule has 6 nitrogen and oxygen atoms in total. The van der Waals surface area contributed by atoms with E-state index in [4.69, 9.17) is 4.74 Å². The number of sulfonamides is 1. The van der Waals surface area contributed by atoms with Crippen LogP contribution in [0.3, 0.4) is 0 Å². The standard InChI is InChI=1S/C21H28N2O4S2/c1-17-6-8-18(9-7-17)27-15-14-22(2)20(24)16-19-10-11-21(28-19)29(25,26)23-12-4-3-5-13-23/h6-11H,3-5,12-16H2,1-2H3. The van der Waals surface area contributed by atoms with Gasteiger partial charge in [0.15, 0.2) is 0 Å². The van der Waals surface area contributed by atoms with Gasteiger partial charge in [0.05, 0.1) is 13.0 Å². The number of rotatable bonds is 8. The summed E-state index contributed by atoms with van der Waals surface area (Å²) < 4.78 is 33.0. The highest BCUT2D eigenvalue weighted by atomic mass is 32.2. The SMILES string of the molecule is Cc1ccc(OCCN(C)C(=O)Cc2ccc(S(=O)(=O)N3CCCCC3)s2)cc1. The zero-order chi connectivity index (χ0) is 20.9. The number of nitrogens with zero attached hydrogens (tertiary/aromatic N) is 2. The molecule has 0 atom stereocenters. The van der Waals surface area contributed by atoms with Crippen molar-refractivity contribution in [2.45, 2.75) is 36.8 Å². The largest absolute Gasteiger partial charge is 0.492 e. The molecule has 2 aromatic rings. The Bertz CT molecular complexity index is 916. The fourth-order valence-electron chi connectivity index (χ4n) is 3.17. The van der Waals surface area contributed by atoms with Gasteiger partial charge in [-0.1, -0.05) is 24.1 Å². The maximum absolute atomic E-state index is 12.7. The van der Waals surface area contributed by atoms with Crippen LogP contribution in [0.4, 0.5) is 0 Å². The van der Waals surface area contributed by atoms with Crippen LogP contribution in [0.1, 0.15) is 29.7 Å². The molecule has 0 bridgehead atoms. The molecule has 8 heteroatoms. The van der Waals surface area contributed by atoms with Gasteiger partial charge in [-0.05, 0) is 44.0 Å². The van der Waals surface area contributed by atoms with Crippen molar-refractivity contribution in [3.63, 3.8) is 0 Å². The van der Waals surface area contributed by atoms with Crippen LogP contribution in [0.2, 0.25) is 0 Å².